The first-order chi connectivity index (χ1) is 32.4. The normalized spacial score (nSPS) is 11.4. The van der Waals surface area contributed by atoms with Crippen molar-refractivity contribution in [2.75, 3.05) is 0 Å². The van der Waals surface area contributed by atoms with E-state index in [1.54, 1.807) is 41.0 Å². The highest BCUT2D eigenvalue weighted by molar-refractivity contribution is 6.09. The van der Waals surface area contributed by atoms with Crippen molar-refractivity contribution in [1.29, 1.82) is 0 Å². The van der Waals surface area contributed by atoms with Gasteiger partial charge in [0, 0.05) is 28.7 Å². The molecule has 0 aliphatic rings. The molecule has 2 heterocycles. The Labute approximate surface area is 383 Å². The molecule has 0 bridgehead atoms. The average molecular weight is 871 g/mol. The summed E-state index contributed by atoms with van der Waals surface area (Å²) >= 11 is 0. The molecule has 0 radical (unpaired) electrons. The first kappa shape index (κ1) is 43.2. The van der Waals surface area contributed by atoms with Crippen LogP contribution in [0, 0.1) is 5.82 Å². The summed E-state index contributed by atoms with van der Waals surface area (Å²) in [7, 11) is 0. The highest BCUT2D eigenvalue weighted by atomic mass is 19.1. The summed E-state index contributed by atoms with van der Waals surface area (Å²) in [4.78, 5) is 32.1. The summed E-state index contributed by atoms with van der Waals surface area (Å²) in [5.74, 6) is 0.0489. The Hall–Kier alpha value is -8.11. The van der Waals surface area contributed by atoms with Crippen LogP contribution in [0.3, 0.4) is 0 Å². The van der Waals surface area contributed by atoms with Crippen LogP contribution in [-0.2, 0) is 36.3 Å². The number of aromatic nitrogens is 6. The molecule has 0 amide bonds. The van der Waals surface area contributed by atoms with Crippen molar-refractivity contribution in [3.05, 3.63) is 250 Å². The van der Waals surface area contributed by atoms with Gasteiger partial charge in [-0.3, -0.25) is 4.79 Å². The molecule has 9 nitrogen and oxygen atoms in total. The highest BCUT2D eigenvalue weighted by Crippen LogP contribution is 2.43. The minimum Gasteiger partial charge on any atom is -0.456 e. The summed E-state index contributed by atoms with van der Waals surface area (Å²) in [6.07, 6.45) is 1.84. The number of imidazole rings is 1. The number of halogens is 1. The van der Waals surface area contributed by atoms with E-state index >= 15 is 4.39 Å². The number of rotatable bonds is 16. The summed E-state index contributed by atoms with van der Waals surface area (Å²) in [5, 5.41) is 13.7. The van der Waals surface area contributed by atoms with Gasteiger partial charge >= 0.3 is 5.97 Å². The van der Waals surface area contributed by atoms with Crippen LogP contribution in [-0.4, -0.2) is 41.5 Å². The van der Waals surface area contributed by atoms with Gasteiger partial charge in [-0.1, -0.05) is 190 Å². The lowest BCUT2D eigenvalue weighted by Crippen LogP contribution is -2.39. The van der Waals surface area contributed by atoms with Crippen molar-refractivity contribution < 1.29 is 18.7 Å². The molecule has 7 aromatic carbocycles. The quantitative estimate of drug-likeness (QED) is 0.0541. The fourth-order valence-corrected chi connectivity index (χ4v) is 8.82. The van der Waals surface area contributed by atoms with Crippen LogP contribution in [0.25, 0.3) is 22.5 Å². The minimum absolute atomic E-state index is 0.0545. The molecule has 326 valence electrons. The number of ketones is 1. The van der Waals surface area contributed by atoms with Crippen molar-refractivity contribution >= 4 is 11.8 Å². The number of benzene rings is 7. The van der Waals surface area contributed by atoms with Crippen LogP contribution in [0.15, 0.2) is 188 Å². The van der Waals surface area contributed by atoms with Gasteiger partial charge in [0.2, 0.25) is 0 Å². The molecule has 0 spiro atoms. The van der Waals surface area contributed by atoms with Gasteiger partial charge in [0.15, 0.2) is 17.3 Å². The Kier molecular flexibility index (Phi) is 12.6. The first-order valence-corrected chi connectivity index (χ1v) is 22.2. The van der Waals surface area contributed by atoms with E-state index in [1.165, 1.54) is 6.07 Å². The van der Waals surface area contributed by atoms with Crippen LogP contribution in [0.4, 0.5) is 4.39 Å². The maximum absolute atomic E-state index is 16.7. The van der Waals surface area contributed by atoms with Crippen molar-refractivity contribution in [1.82, 2.24) is 29.8 Å². The Balaban J connectivity index is 1.05. The van der Waals surface area contributed by atoms with Crippen LogP contribution in [0.2, 0.25) is 0 Å². The number of aryl methyl sites for hydroxylation is 2. The molecule has 66 heavy (non-hydrogen) atoms. The average Bonchev–Trinajstić information content (AvgIpc) is 4.00. The number of ether oxygens (including phenoxy) is 1. The Morgan fingerprint density at radius 1 is 0.652 bits per heavy atom. The molecule has 0 aliphatic carbocycles. The van der Waals surface area contributed by atoms with Gasteiger partial charge in [-0.2, -0.15) is 0 Å². The van der Waals surface area contributed by atoms with Gasteiger partial charge in [-0.05, 0) is 68.8 Å². The van der Waals surface area contributed by atoms with Crippen molar-refractivity contribution in [2.45, 2.75) is 51.8 Å². The molecule has 0 atom stereocenters. The Morgan fingerprint density at radius 3 is 1.85 bits per heavy atom. The predicted octanol–water partition coefficient (Wildman–Crippen LogP) is 11.3. The van der Waals surface area contributed by atoms with Crippen LogP contribution < -0.4 is 0 Å². The van der Waals surface area contributed by atoms with E-state index in [2.05, 4.69) is 46.7 Å². The zero-order valence-corrected chi connectivity index (χ0v) is 36.7. The predicted molar refractivity (Wildman–Crippen MR) is 253 cm³/mol. The lowest BCUT2D eigenvalue weighted by molar-refractivity contribution is 0.0458. The molecule has 0 unspecified atom stereocenters. The minimum atomic E-state index is -0.979. The standard InChI is InChI=1S/C56H47FN6O3/c1-3-20-51-58-50(4-2)52(55(65)66-38-39-21-19-24-42(35-39)53(64)40-22-9-5-10-23-40)62(51)37-43-34-33-41(36-49(43)57)47-31-17-18-32-48(47)54-59-60-61-63(54)56(44-25-11-6-12-26-44,45-27-13-7-14-28-45)46-29-15-8-16-30-46/h5-19,21-36H,3-4,20,37-38H2,1-2H3. The molecule has 0 fully saturated rings. The van der Waals surface area contributed by atoms with Crippen LogP contribution >= 0.6 is 0 Å². The van der Waals surface area contributed by atoms with Gasteiger partial charge in [0.1, 0.15) is 23.8 Å². The SMILES string of the molecule is CCCc1nc(CC)c(C(=O)OCc2cccc(C(=O)c3ccccc3)c2)n1Cc1ccc(-c2ccccc2-c2nnnn2C(c2ccccc2)(c2ccccc2)c2ccccc2)cc1F. The zero-order valence-electron chi connectivity index (χ0n) is 36.7. The van der Waals surface area contributed by atoms with E-state index in [1.807, 2.05) is 128 Å². The van der Waals surface area contributed by atoms with Crippen molar-refractivity contribution in [3.8, 4) is 22.5 Å². The van der Waals surface area contributed by atoms with E-state index in [0.717, 1.165) is 28.7 Å². The molecule has 0 saturated carbocycles. The van der Waals surface area contributed by atoms with Crippen LogP contribution in [0.1, 0.15) is 86.0 Å². The third-order valence-electron chi connectivity index (χ3n) is 11.9. The third kappa shape index (κ3) is 8.36. The lowest BCUT2D eigenvalue weighted by Gasteiger charge is -2.36. The van der Waals surface area contributed by atoms with Gasteiger partial charge < -0.3 is 9.30 Å². The Bertz CT molecular complexity index is 3020. The molecule has 10 heteroatoms. The second kappa shape index (κ2) is 19.3. The molecule has 9 rings (SSSR count). The third-order valence-corrected chi connectivity index (χ3v) is 11.9. The van der Waals surface area contributed by atoms with E-state index in [0.29, 0.717) is 63.6 Å². The number of nitrogens with zero attached hydrogens (tertiary/aromatic N) is 6. The van der Waals surface area contributed by atoms with Gasteiger partial charge in [-0.25, -0.2) is 18.9 Å². The van der Waals surface area contributed by atoms with Crippen molar-refractivity contribution in [2.24, 2.45) is 0 Å². The second-order valence-electron chi connectivity index (χ2n) is 16.1. The largest absolute Gasteiger partial charge is 0.456 e. The smallest absolute Gasteiger partial charge is 0.357 e. The molecule has 0 saturated heterocycles. The zero-order chi connectivity index (χ0) is 45.5. The van der Waals surface area contributed by atoms with E-state index in [-0.39, 0.29) is 24.6 Å². The van der Waals surface area contributed by atoms with E-state index < -0.39 is 17.3 Å². The maximum Gasteiger partial charge on any atom is 0.357 e. The number of esters is 1. The van der Waals surface area contributed by atoms with Gasteiger partial charge in [0.25, 0.3) is 0 Å². The molecular weight excluding hydrogens is 824 g/mol. The molecule has 2 aromatic heterocycles. The second-order valence-corrected chi connectivity index (χ2v) is 16.1. The Morgan fingerprint density at radius 2 is 1.24 bits per heavy atom. The summed E-state index contributed by atoms with van der Waals surface area (Å²) in [5.41, 5.74) is 7.00. The van der Waals surface area contributed by atoms with E-state index in [9.17, 15) is 9.59 Å². The topological polar surface area (TPSA) is 105 Å². The summed E-state index contributed by atoms with van der Waals surface area (Å²) < 4.78 is 26.3. The van der Waals surface area contributed by atoms with Crippen molar-refractivity contribution in [3.63, 3.8) is 0 Å². The highest BCUT2D eigenvalue weighted by Gasteiger charge is 2.42. The van der Waals surface area contributed by atoms with Crippen LogP contribution in [0.5, 0.6) is 0 Å². The lowest BCUT2D eigenvalue weighted by atomic mass is 9.77. The fraction of sp³-hybridized carbons (Fsp3) is 0.143. The maximum atomic E-state index is 16.7. The molecule has 0 N–H and O–H groups in total. The molecule has 0 aliphatic heterocycles. The number of carbonyl (C=O) groups excluding carboxylic acids is 2. The number of hydrogen-bond acceptors (Lipinski definition) is 7. The van der Waals surface area contributed by atoms with Gasteiger partial charge in [0.05, 0.1) is 12.2 Å². The number of tetrazole rings is 1. The monoisotopic (exact) mass is 870 g/mol. The number of carbonyl (C=O) groups is 2. The molecular formula is C56H47FN6O3. The summed E-state index contributed by atoms with van der Waals surface area (Å²) in [6.45, 7) is 3.98. The van der Waals surface area contributed by atoms with E-state index in [4.69, 9.17) is 14.9 Å². The fourth-order valence-electron chi connectivity index (χ4n) is 8.82. The first-order valence-electron chi connectivity index (χ1n) is 22.2. The number of hydrogen-bond donors (Lipinski definition) is 0. The van der Waals surface area contributed by atoms with Gasteiger partial charge in [-0.15, -0.1) is 5.10 Å². The summed E-state index contributed by atoms with van der Waals surface area (Å²) in [6, 6.07) is 59.6. The molecule has 9 aromatic rings.